The number of carbonyl (C=O) groups excluding carboxylic acids is 1. The maximum absolute atomic E-state index is 13.4. The molecule has 0 aromatic rings. The molecule has 9 N–H and O–H groups in total. The average Bonchev–Trinajstić information content (AvgIpc) is 0.794. The fraction of sp³-hybridized carbons (Fsp3) is 0.963. The number of nitrogens with one attached hydrogen (secondary N) is 1. The van der Waals surface area contributed by atoms with Crippen LogP contribution in [0.2, 0.25) is 0 Å². The van der Waals surface area contributed by atoms with Gasteiger partial charge in [0.25, 0.3) is 0 Å². The molecule has 558 valence electrons. The van der Waals surface area contributed by atoms with E-state index in [-0.39, 0.29) is 18.9 Å². The van der Waals surface area contributed by atoms with E-state index in [0.29, 0.717) is 0 Å². The zero-order valence-corrected chi connectivity index (χ0v) is 61.2. The Bertz CT molecular complexity index is 1620. The number of rotatable bonds is 70. The minimum absolute atomic E-state index is 0.229. The monoisotopic (exact) mass is 1340 g/mol. The van der Waals surface area contributed by atoms with Crippen LogP contribution in [-0.4, -0.2) is 140 Å². The van der Waals surface area contributed by atoms with Gasteiger partial charge in [0.2, 0.25) is 5.91 Å². The molecular weight excluding hydrogens is 1180 g/mol. The standard InChI is InChI=1S/C80H155NO13/c1-3-5-7-9-11-13-15-17-19-21-23-25-27-28-29-30-31-32-33-34-35-36-37-38-39-40-42-44-46-48-50-52-54-56-58-60-62-64-72(85)81-68(67-91-79-77(90)75(88)78(71(66-83)93-79)94-80-76(89)74(87)73(86)70(65-82)92-80)69(84)63-61-59-57-55-53-51-49-47-45-43-41-26-24-22-20-18-16-14-12-10-8-6-4-2/h61,63,68-71,73-80,82-84,86-90H,3-60,62,64-67H2,1-2H3,(H,81,85)/b63-61+. The fourth-order valence-electron chi connectivity index (χ4n) is 14.0. The second kappa shape index (κ2) is 65.1. The van der Waals surface area contributed by atoms with Crippen molar-refractivity contribution in [2.24, 2.45) is 0 Å². The van der Waals surface area contributed by atoms with Crippen molar-refractivity contribution in [1.29, 1.82) is 0 Å². The normalized spacial score (nSPS) is 22.4. The summed E-state index contributed by atoms with van der Waals surface area (Å²) in [6.45, 7) is 2.88. The van der Waals surface area contributed by atoms with Crippen LogP contribution in [0.3, 0.4) is 0 Å². The molecule has 0 aliphatic carbocycles. The molecule has 94 heavy (non-hydrogen) atoms. The smallest absolute Gasteiger partial charge is 0.220 e. The van der Waals surface area contributed by atoms with E-state index in [2.05, 4.69) is 19.2 Å². The number of hydrogen-bond donors (Lipinski definition) is 9. The molecule has 0 aromatic carbocycles. The van der Waals surface area contributed by atoms with Crippen molar-refractivity contribution < 1.29 is 64.6 Å². The van der Waals surface area contributed by atoms with Gasteiger partial charge in [0.15, 0.2) is 12.6 Å². The van der Waals surface area contributed by atoms with E-state index < -0.39 is 86.8 Å². The highest BCUT2D eigenvalue weighted by Gasteiger charge is 2.51. The summed E-state index contributed by atoms with van der Waals surface area (Å²) in [5.41, 5.74) is 0. The summed E-state index contributed by atoms with van der Waals surface area (Å²) >= 11 is 0. The molecule has 2 heterocycles. The number of aliphatic hydroxyl groups is 8. The first-order valence-corrected chi connectivity index (χ1v) is 40.9. The van der Waals surface area contributed by atoms with Crippen molar-refractivity contribution >= 4 is 5.91 Å². The number of hydrogen-bond acceptors (Lipinski definition) is 13. The Kier molecular flexibility index (Phi) is 61.5. The Labute approximate surface area is 577 Å². The number of allylic oxidation sites excluding steroid dienone is 1. The predicted molar refractivity (Wildman–Crippen MR) is 388 cm³/mol. The molecule has 2 aliphatic rings. The molecule has 0 radical (unpaired) electrons. The van der Waals surface area contributed by atoms with Gasteiger partial charge in [-0.25, -0.2) is 0 Å². The topological polar surface area (TPSA) is 228 Å². The SMILES string of the molecule is CCCCCCCCCCCCCCCCCCCCCCC/C=C/C(O)C(COC1OC(CO)C(OC2OC(CO)C(O)C(O)C2O)C(O)C1O)NC(=O)CCCCCCCCCCCCCCCCCCCCCCCCCCCCCCCCCCCCCCC. The molecule has 12 atom stereocenters. The Balaban J connectivity index is 1.58. The lowest BCUT2D eigenvalue weighted by Crippen LogP contribution is -2.65. The van der Waals surface area contributed by atoms with Gasteiger partial charge in [0.05, 0.1) is 32.0 Å². The molecule has 2 rings (SSSR count). The average molecular weight is 1340 g/mol. The molecule has 0 aromatic heterocycles. The summed E-state index contributed by atoms with van der Waals surface area (Å²) in [7, 11) is 0. The Morgan fingerprint density at radius 3 is 0.979 bits per heavy atom. The van der Waals surface area contributed by atoms with Crippen molar-refractivity contribution in [3.05, 3.63) is 12.2 Å². The van der Waals surface area contributed by atoms with Gasteiger partial charge in [-0.3, -0.25) is 4.79 Å². The van der Waals surface area contributed by atoms with E-state index in [1.165, 1.54) is 334 Å². The van der Waals surface area contributed by atoms with Crippen LogP contribution in [0.15, 0.2) is 12.2 Å². The number of ether oxygens (including phenoxy) is 4. The second-order valence-corrected chi connectivity index (χ2v) is 29.3. The van der Waals surface area contributed by atoms with Gasteiger partial charge in [0, 0.05) is 6.42 Å². The van der Waals surface area contributed by atoms with Gasteiger partial charge < -0.3 is 65.1 Å². The molecule has 14 heteroatoms. The summed E-state index contributed by atoms with van der Waals surface area (Å²) in [5.74, 6) is -0.229. The Hall–Kier alpha value is -1.27. The van der Waals surface area contributed by atoms with Crippen LogP contribution in [0.4, 0.5) is 0 Å². The van der Waals surface area contributed by atoms with E-state index >= 15 is 0 Å². The summed E-state index contributed by atoms with van der Waals surface area (Å²) < 4.78 is 22.9. The van der Waals surface area contributed by atoms with Gasteiger partial charge in [-0.05, 0) is 19.3 Å². The summed E-state index contributed by atoms with van der Waals surface area (Å²) in [4.78, 5) is 13.4. The van der Waals surface area contributed by atoms with Crippen LogP contribution in [-0.2, 0) is 23.7 Å². The zero-order chi connectivity index (χ0) is 68.0. The third-order valence-corrected chi connectivity index (χ3v) is 20.5. The predicted octanol–water partition coefficient (Wildman–Crippen LogP) is 18.5. The summed E-state index contributed by atoms with van der Waals surface area (Å²) in [6, 6.07) is -0.912. The van der Waals surface area contributed by atoms with Gasteiger partial charge >= 0.3 is 0 Å². The van der Waals surface area contributed by atoms with Gasteiger partial charge in [-0.1, -0.05) is 386 Å². The minimum Gasteiger partial charge on any atom is -0.394 e. The van der Waals surface area contributed by atoms with Crippen molar-refractivity contribution in [3.8, 4) is 0 Å². The first-order valence-electron chi connectivity index (χ1n) is 40.9. The van der Waals surface area contributed by atoms with Gasteiger partial charge in [0.1, 0.15) is 48.8 Å². The molecular formula is C80H155NO13. The highest BCUT2D eigenvalue weighted by atomic mass is 16.7. The molecule has 0 bridgehead atoms. The maximum atomic E-state index is 13.4. The van der Waals surface area contributed by atoms with Crippen molar-refractivity contribution in [1.82, 2.24) is 5.32 Å². The fourth-order valence-corrected chi connectivity index (χ4v) is 14.0. The van der Waals surface area contributed by atoms with E-state index in [4.69, 9.17) is 18.9 Å². The first-order chi connectivity index (χ1) is 46.1. The van der Waals surface area contributed by atoms with Crippen molar-refractivity contribution in [2.75, 3.05) is 19.8 Å². The molecule has 1 amide bonds. The van der Waals surface area contributed by atoms with E-state index in [1.807, 2.05) is 6.08 Å². The number of aliphatic hydroxyl groups excluding tert-OH is 8. The van der Waals surface area contributed by atoms with Crippen molar-refractivity contribution in [2.45, 2.75) is 473 Å². The summed E-state index contributed by atoms with van der Waals surface area (Å²) in [6.07, 6.45) is 66.0. The molecule has 14 nitrogen and oxygen atoms in total. The van der Waals surface area contributed by atoms with E-state index in [9.17, 15) is 45.6 Å². The third-order valence-electron chi connectivity index (χ3n) is 20.5. The van der Waals surface area contributed by atoms with Crippen LogP contribution in [0, 0.1) is 0 Å². The van der Waals surface area contributed by atoms with Gasteiger partial charge in [-0.15, -0.1) is 0 Å². The number of carbonyl (C=O) groups is 1. The molecule has 12 unspecified atom stereocenters. The molecule has 2 aliphatic heterocycles. The highest BCUT2D eigenvalue weighted by Crippen LogP contribution is 2.30. The number of amides is 1. The molecule has 2 saturated heterocycles. The van der Waals surface area contributed by atoms with Crippen LogP contribution in [0.25, 0.3) is 0 Å². The second-order valence-electron chi connectivity index (χ2n) is 29.3. The lowest BCUT2D eigenvalue weighted by molar-refractivity contribution is -0.359. The van der Waals surface area contributed by atoms with Crippen LogP contribution in [0.5, 0.6) is 0 Å². The van der Waals surface area contributed by atoms with Crippen LogP contribution >= 0.6 is 0 Å². The molecule has 0 saturated carbocycles. The lowest BCUT2D eigenvalue weighted by Gasteiger charge is -2.46. The number of unbranched alkanes of at least 4 members (excludes halogenated alkanes) is 57. The first kappa shape index (κ1) is 88.8. The van der Waals surface area contributed by atoms with E-state index in [1.54, 1.807) is 6.08 Å². The van der Waals surface area contributed by atoms with Crippen LogP contribution < -0.4 is 5.32 Å². The van der Waals surface area contributed by atoms with Crippen molar-refractivity contribution in [3.63, 3.8) is 0 Å². The van der Waals surface area contributed by atoms with Crippen LogP contribution in [0.1, 0.15) is 399 Å². The summed E-state index contributed by atoms with van der Waals surface area (Å²) in [5, 5.41) is 87.7. The van der Waals surface area contributed by atoms with Gasteiger partial charge in [-0.2, -0.15) is 0 Å². The Morgan fingerprint density at radius 2 is 0.660 bits per heavy atom. The maximum Gasteiger partial charge on any atom is 0.220 e. The highest BCUT2D eigenvalue weighted by molar-refractivity contribution is 5.76. The lowest BCUT2D eigenvalue weighted by atomic mass is 9.97. The Morgan fingerprint density at radius 1 is 0.372 bits per heavy atom. The quantitative estimate of drug-likeness (QED) is 0.0204. The molecule has 0 spiro atoms. The zero-order valence-electron chi connectivity index (χ0n) is 61.2. The largest absolute Gasteiger partial charge is 0.394 e. The van der Waals surface area contributed by atoms with E-state index in [0.717, 1.165) is 44.9 Å². The minimum atomic E-state index is -1.79. The third kappa shape index (κ3) is 47.7. The molecule has 2 fully saturated rings.